The summed E-state index contributed by atoms with van der Waals surface area (Å²) in [6.07, 6.45) is 0.752. The van der Waals surface area contributed by atoms with Crippen LogP contribution in [0.2, 0.25) is 0 Å². The number of aromatic nitrogens is 2. The van der Waals surface area contributed by atoms with Gasteiger partial charge in [0.25, 0.3) is 10.0 Å². The van der Waals surface area contributed by atoms with Crippen molar-refractivity contribution in [2.75, 3.05) is 18.0 Å². The van der Waals surface area contributed by atoms with Crippen molar-refractivity contribution in [3.63, 3.8) is 0 Å². The number of methoxy groups -OCH3 is 1. The van der Waals surface area contributed by atoms with Crippen LogP contribution < -0.4 is 14.4 Å². The fourth-order valence-corrected chi connectivity index (χ4v) is 4.68. The molecule has 2 aromatic rings. The Hall–Kier alpha value is -2.55. The molecule has 0 aliphatic carbocycles. The van der Waals surface area contributed by atoms with E-state index in [-0.39, 0.29) is 23.4 Å². The molecule has 0 unspecified atom stereocenters. The predicted molar refractivity (Wildman–Crippen MR) is 108 cm³/mol. The van der Waals surface area contributed by atoms with Crippen molar-refractivity contribution >= 4 is 21.6 Å². The molecule has 0 spiro atoms. The van der Waals surface area contributed by atoms with E-state index in [1.54, 1.807) is 45.2 Å². The summed E-state index contributed by atoms with van der Waals surface area (Å²) in [4.78, 5) is 12.6. The fraction of sp³-hybridized carbons (Fsp3) is 0.474. The van der Waals surface area contributed by atoms with E-state index in [0.717, 1.165) is 10.7 Å². The molecule has 0 radical (unpaired) electrons. The van der Waals surface area contributed by atoms with Gasteiger partial charge >= 0.3 is 0 Å². The van der Waals surface area contributed by atoms with Gasteiger partial charge in [-0.1, -0.05) is 6.92 Å². The van der Waals surface area contributed by atoms with E-state index in [9.17, 15) is 13.2 Å². The van der Waals surface area contributed by atoms with E-state index in [4.69, 9.17) is 4.74 Å². The molecule has 0 saturated carbocycles. The number of nitrogens with one attached hydrogen (secondary N) is 1. The zero-order valence-electron chi connectivity index (χ0n) is 17.2. The quantitative estimate of drug-likeness (QED) is 0.722. The van der Waals surface area contributed by atoms with Crippen molar-refractivity contribution < 1.29 is 17.9 Å². The lowest BCUT2D eigenvalue weighted by Crippen LogP contribution is -2.43. The Morgan fingerprint density at radius 2 is 1.89 bits per heavy atom. The molecule has 1 N–H and O–H groups in total. The van der Waals surface area contributed by atoms with Crippen LogP contribution in [0.3, 0.4) is 0 Å². The number of rotatable bonds is 8. The first-order valence-electron chi connectivity index (χ1n) is 9.08. The van der Waals surface area contributed by atoms with Gasteiger partial charge in [-0.3, -0.25) is 13.8 Å². The van der Waals surface area contributed by atoms with Crippen molar-refractivity contribution in [3.8, 4) is 5.75 Å². The molecule has 0 aliphatic rings. The average molecular weight is 409 g/mol. The summed E-state index contributed by atoms with van der Waals surface area (Å²) in [5.74, 6) is 0.229. The Morgan fingerprint density at radius 3 is 2.36 bits per heavy atom. The smallest absolute Gasteiger partial charge is 0.268 e. The standard InChI is InChI=1S/C19H28N4O4S/c1-7-13(2)20-18(24)12-23(16-8-10-17(27-6)11-9-16)28(25,26)19-14(3)21-22(5)15(19)4/h8-11,13H,7,12H2,1-6H3,(H,20,24)/t13-/m1/s1. The first-order chi connectivity index (χ1) is 13.1. The highest BCUT2D eigenvalue weighted by Gasteiger charge is 2.32. The maximum atomic E-state index is 13.5. The summed E-state index contributed by atoms with van der Waals surface area (Å²) in [7, 11) is -0.781. The third-order valence-corrected chi connectivity index (χ3v) is 6.69. The fourth-order valence-electron chi connectivity index (χ4n) is 2.85. The molecule has 2 rings (SSSR count). The third kappa shape index (κ3) is 4.46. The minimum Gasteiger partial charge on any atom is -0.497 e. The van der Waals surface area contributed by atoms with Crippen LogP contribution in [0.15, 0.2) is 29.2 Å². The number of nitrogens with zero attached hydrogens (tertiary/aromatic N) is 3. The Kier molecular flexibility index (Phi) is 6.71. The molecule has 0 saturated heterocycles. The van der Waals surface area contributed by atoms with Crippen LogP contribution in [-0.2, 0) is 21.9 Å². The van der Waals surface area contributed by atoms with Gasteiger partial charge in [-0.15, -0.1) is 0 Å². The van der Waals surface area contributed by atoms with Crippen LogP contribution in [0.5, 0.6) is 5.75 Å². The lowest BCUT2D eigenvalue weighted by Gasteiger charge is -2.25. The summed E-state index contributed by atoms with van der Waals surface area (Å²) in [6, 6.07) is 6.51. The molecule has 1 aromatic heterocycles. The molecule has 1 aromatic carbocycles. The van der Waals surface area contributed by atoms with E-state index in [2.05, 4.69) is 10.4 Å². The summed E-state index contributed by atoms with van der Waals surface area (Å²) in [5, 5.41) is 7.03. The molecule has 0 fully saturated rings. The molecule has 0 aliphatic heterocycles. The van der Waals surface area contributed by atoms with Gasteiger partial charge < -0.3 is 10.1 Å². The zero-order chi connectivity index (χ0) is 21.1. The maximum absolute atomic E-state index is 13.5. The number of ether oxygens (including phenoxy) is 1. The van der Waals surface area contributed by atoms with Crippen LogP contribution in [0, 0.1) is 13.8 Å². The van der Waals surface area contributed by atoms with E-state index in [1.807, 2.05) is 13.8 Å². The molecule has 8 nitrogen and oxygen atoms in total. The lowest BCUT2D eigenvalue weighted by molar-refractivity contribution is -0.120. The molecule has 154 valence electrons. The van der Waals surface area contributed by atoms with E-state index in [0.29, 0.717) is 22.8 Å². The molecular weight excluding hydrogens is 380 g/mol. The zero-order valence-corrected chi connectivity index (χ0v) is 18.0. The SMILES string of the molecule is CC[C@@H](C)NC(=O)CN(c1ccc(OC)cc1)S(=O)(=O)c1c(C)nn(C)c1C. The lowest BCUT2D eigenvalue weighted by atomic mass is 10.2. The summed E-state index contributed by atoms with van der Waals surface area (Å²) in [6.45, 7) is 6.83. The minimum atomic E-state index is -4.00. The predicted octanol–water partition coefficient (Wildman–Crippen LogP) is 2.16. The first kappa shape index (κ1) is 21.7. The Bertz CT molecular complexity index is 936. The second-order valence-electron chi connectivity index (χ2n) is 6.71. The molecular formula is C19H28N4O4S. The van der Waals surface area contributed by atoms with Crippen molar-refractivity contribution in [1.82, 2.24) is 15.1 Å². The van der Waals surface area contributed by atoms with E-state index < -0.39 is 10.0 Å². The van der Waals surface area contributed by atoms with Crippen LogP contribution in [0.1, 0.15) is 31.7 Å². The van der Waals surface area contributed by atoms with Crippen LogP contribution in [-0.4, -0.2) is 43.8 Å². The van der Waals surface area contributed by atoms with E-state index >= 15 is 0 Å². The Balaban J connectivity index is 2.51. The van der Waals surface area contributed by atoms with Gasteiger partial charge in [0.2, 0.25) is 5.91 Å². The number of hydrogen-bond acceptors (Lipinski definition) is 5. The van der Waals surface area contributed by atoms with Gasteiger partial charge in [-0.25, -0.2) is 8.42 Å². The van der Waals surface area contributed by atoms with Crippen molar-refractivity contribution in [1.29, 1.82) is 0 Å². The second kappa shape index (κ2) is 8.64. The number of anilines is 1. The van der Waals surface area contributed by atoms with Gasteiger partial charge in [0.15, 0.2) is 0 Å². The van der Waals surface area contributed by atoms with Crippen molar-refractivity contribution in [2.24, 2.45) is 7.05 Å². The summed E-state index contributed by atoms with van der Waals surface area (Å²) in [5.41, 5.74) is 1.28. The largest absolute Gasteiger partial charge is 0.497 e. The topological polar surface area (TPSA) is 93.5 Å². The number of carbonyl (C=O) groups is 1. The minimum absolute atomic E-state index is 0.0465. The van der Waals surface area contributed by atoms with Crippen LogP contribution in [0.4, 0.5) is 5.69 Å². The normalized spacial score (nSPS) is 12.5. The molecule has 9 heteroatoms. The molecule has 0 bridgehead atoms. The van der Waals surface area contributed by atoms with Gasteiger partial charge in [0, 0.05) is 13.1 Å². The number of benzene rings is 1. The molecule has 28 heavy (non-hydrogen) atoms. The van der Waals surface area contributed by atoms with Crippen molar-refractivity contribution in [3.05, 3.63) is 35.7 Å². The second-order valence-corrected chi connectivity index (χ2v) is 8.51. The van der Waals surface area contributed by atoms with Crippen LogP contribution >= 0.6 is 0 Å². The molecule has 1 heterocycles. The maximum Gasteiger partial charge on any atom is 0.268 e. The number of carbonyl (C=O) groups excluding carboxylic acids is 1. The Labute approximate surface area is 166 Å². The number of aryl methyl sites for hydroxylation is 2. The number of hydrogen-bond donors (Lipinski definition) is 1. The van der Waals surface area contributed by atoms with E-state index in [1.165, 1.54) is 11.8 Å². The van der Waals surface area contributed by atoms with Crippen molar-refractivity contribution in [2.45, 2.75) is 45.1 Å². The van der Waals surface area contributed by atoms with Gasteiger partial charge in [-0.05, 0) is 51.5 Å². The van der Waals surface area contributed by atoms with Gasteiger partial charge in [-0.2, -0.15) is 5.10 Å². The summed E-state index contributed by atoms with van der Waals surface area (Å²) >= 11 is 0. The number of sulfonamides is 1. The molecule has 1 atom stereocenters. The highest BCUT2D eigenvalue weighted by Crippen LogP contribution is 2.28. The highest BCUT2D eigenvalue weighted by atomic mass is 32.2. The van der Waals surface area contributed by atoms with Crippen LogP contribution in [0.25, 0.3) is 0 Å². The Morgan fingerprint density at radius 1 is 1.29 bits per heavy atom. The van der Waals surface area contributed by atoms with Gasteiger partial charge in [0.05, 0.1) is 24.2 Å². The highest BCUT2D eigenvalue weighted by molar-refractivity contribution is 7.93. The average Bonchev–Trinajstić information content (AvgIpc) is 2.91. The summed E-state index contributed by atoms with van der Waals surface area (Å²) < 4.78 is 34.8. The first-order valence-corrected chi connectivity index (χ1v) is 10.5. The monoisotopic (exact) mass is 408 g/mol. The van der Waals surface area contributed by atoms with Gasteiger partial charge in [0.1, 0.15) is 17.2 Å². The number of amides is 1. The molecule has 1 amide bonds. The third-order valence-electron chi connectivity index (χ3n) is 4.66.